The van der Waals surface area contributed by atoms with Crippen molar-refractivity contribution in [2.75, 3.05) is 26.2 Å². The molecule has 2 atom stereocenters. The van der Waals surface area contributed by atoms with Gasteiger partial charge in [0.1, 0.15) is 17.6 Å². The molecule has 0 spiro atoms. The summed E-state index contributed by atoms with van der Waals surface area (Å²) in [6.07, 6.45) is 3.06. The fourth-order valence-electron chi connectivity index (χ4n) is 3.98. The highest BCUT2D eigenvalue weighted by Crippen LogP contribution is 2.24. The lowest BCUT2D eigenvalue weighted by Crippen LogP contribution is -2.46. The second-order valence-electron chi connectivity index (χ2n) is 7.50. The van der Waals surface area contributed by atoms with E-state index in [0.29, 0.717) is 11.4 Å². The van der Waals surface area contributed by atoms with E-state index in [1.807, 2.05) is 29.9 Å². The second-order valence-corrected chi connectivity index (χ2v) is 7.50. The smallest absolute Gasteiger partial charge is 0.317 e. The molecule has 150 valence electrons. The Morgan fingerprint density at radius 2 is 2.14 bits per heavy atom. The lowest BCUT2D eigenvalue weighted by Gasteiger charge is -2.25. The van der Waals surface area contributed by atoms with Gasteiger partial charge in [0.2, 0.25) is 0 Å². The highest BCUT2D eigenvalue weighted by molar-refractivity contribution is 5.93. The van der Waals surface area contributed by atoms with Crippen molar-refractivity contribution in [2.45, 2.75) is 31.5 Å². The zero-order chi connectivity index (χ0) is 19.7. The highest BCUT2D eigenvalue weighted by Gasteiger charge is 2.37. The van der Waals surface area contributed by atoms with Gasteiger partial charge in [0.15, 0.2) is 0 Å². The monoisotopic (exact) mass is 388 g/mol. The Balaban J connectivity index is 1.42. The number of likely N-dealkylation sites (tertiary alicyclic amines) is 2. The number of halogens is 1. The molecule has 2 aliphatic heterocycles. The second kappa shape index (κ2) is 7.65. The van der Waals surface area contributed by atoms with Crippen LogP contribution in [0.1, 0.15) is 29.8 Å². The zero-order valence-electron chi connectivity index (χ0n) is 15.9. The molecule has 8 nitrogen and oxygen atoms in total. The first kappa shape index (κ1) is 18.5. The fourth-order valence-corrected chi connectivity index (χ4v) is 3.98. The van der Waals surface area contributed by atoms with Gasteiger partial charge in [-0.05, 0) is 31.0 Å². The van der Waals surface area contributed by atoms with Gasteiger partial charge in [-0.3, -0.25) is 9.89 Å². The molecule has 0 unspecified atom stereocenters. The minimum atomic E-state index is -1.09. The molecule has 3 amide bonds. The van der Waals surface area contributed by atoms with Crippen molar-refractivity contribution >= 4 is 11.9 Å². The molecular weight excluding hydrogens is 363 g/mol. The topological polar surface area (TPSA) is 86.3 Å². The number of nitrogens with zero attached hydrogens (tertiary/aromatic N) is 4. The maximum Gasteiger partial charge on any atom is 0.317 e. The van der Waals surface area contributed by atoms with E-state index >= 15 is 0 Å². The average molecular weight is 388 g/mol. The summed E-state index contributed by atoms with van der Waals surface area (Å²) in [5.74, 6) is -0.298. The van der Waals surface area contributed by atoms with E-state index in [1.54, 1.807) is 11.0 Å². The number of rotatable bonds is 4. The number of nitrogens with one attached hydrogen (secondary N) is 2. The molecule has 2 aromatic rings. The zero-order valence-corrected chi connectivity index (χ0v) is 15.9. The molecule has 0 aliphatic carbocycles. The molecule has 0 radical (unpaired) electrons. The Hall–Kier alpha value is -2.84. The van der Waals surface area contributed by atoms with Crippen LogP contribution in [0.25, 0.3) is 11.4 Å². The molecule has 4 heterocycles. The van der Waals surface area contributed by atoms with E-state index in [0.717, 1.165) is 31.6 Å². The van der Waals surface area contributed by atoms with Crippen LogP contribution in [0, 0.1) is 0 Å². The van der Waals surface area contributed by atoms with Gasteiger partial charge in [-0.2, -0.15) is 5.10 Å². The molecule has 0 bridgehead atoms. The van der Waals surface area contributed by atoms with Crippen molar-refractivity contribution < 1.29 is 14.0 Å². The summed E-state index contributed by atoms with van der Waals surface area (Å²) in [6.45, 7) is 1.78. The first-order chi connectivity index (χ1) is 13.5. The van der Waals surface area contributed by atoms with E-state index in [1.165, 1.54) is 4.90 Å². The summed E-state index contributed by atoms with van der Waals surface area (Å²) < 4.78 is 16.0. The van der Waals surface area contributed by atoms with E-state index in [2.05, 4.69) is 15.5 Å². The van der Waals surface area contributed by atoms with E-state index in [9.17, 15) is 14.0 Å². The van der Waals surface area contributed by atoms with Crippen molar-refractivity contribution in [1.82, 2.24) is 29.9 Å². The number of hydrogen-bond acceptors (Lipinski definition) is 3. The molecule has 2 fully saturated rings. The SMILES string of the molecule is Cn1cccc1-c1cc(C(=O)N2C[C@@H](F)C[C@H]2CNC(=O)N2CCCC2)[nH]n1. The Labute approximate surface area is 162 Å². The predicted octanol–water partition coefficient (Wildman–Crippen LogP) is 1.77. The van der Waals surface area contributed by atoms with Crippen molar-refractivity contribution in [3.05, 3.63) is 30.1 Å². The van der Waals surface area contributed by atoms with Crippen molar-refractivity contribution in [2.24, 2.45) is 7.05 Å². The Kier molecular flexibility index (Phi) is 5.06. The number of carbonyl (C=O) groups excluding carboxylic acids is 2. The van der Waals surface area contributed by atoms with Gasteiger partial charge in [-0.1, -0.05) is 0 Å². The van der Waals surface area contributed by atoms with Crippen LogP contribution in [0.2, 0.25) is 0 Å². The van der Waals surface area contributed by atoms with Gasteiger partial charge in [0.25, 0.3) is 5.91 Å². The molecule has 2 saturated heterocycles. The van der Waals surface area contributed by atoms with Crippen LogP contribution in [-0.4, -0.2) is 74.9 Å². The largest absolute Gasteiger partial charge is 0.349 e. The standard InChI is InChI=1S/C19H25FN6O2/c1-24-6-4-5-17(24)15-10-16(23-22-15)18(27)26-12-13(20)9-14(26)11-21-19(28)25-7-2-3-8-25/h4-6,10,13-14H,2-3,7-9,11-12H2,1H3,(H,21,28)(H,22,23)/t13-,14-/m0/s1. The molecule has 4 rings (SSSR count). The Morgan fingerprint density at radius 3 is 2.86 bits per heavy atom. The van der Waals surface area contributed by atoms with Crippen LogP contribution in [0.15, 0.2) is 24.4 Å². The third kappa shape index (κ3) is 3.61. The number of alkyl halides is 1. The molecule has 2 aliphatic rings. The maximum atomic E-state index is 14.1. The van der Waals surface area contributed by atoms with Crippen LogP contribution in [-0.2, 0) is 7.05 Å². The number of aromatic amines is 1. The molecule has 2 aromatic heterocycles. The van der Waals surface area contributed by atoms with Crippen molar-refractivity contribution in [3.8, 4) is 11.4 Å². The minimum absolute atomic E-state index is 0.0294. The average Bonchev–Trinajstić information content (AvgIpc) is 3.45. The van der Waals surface area contributed by atoms with Gasteiger partial charge in [0, 0.05) is 39.3 Å². The van der Waals surface area contributed by atoms with Crippen LogP contribution in [0.3, 0.4) is 0 Å². The van der Waals surface area contributed by atoms with Gasteiger partial charge in [-0.25, -0.2) is 9.18 Å². The normalized spacial score (nSPS) is 22.1. The highest BCUT2D eigenvalue weighted by atomic mass is 19.1. The predicted molar refractivity (Wildman–Crippen MR) is 102 cm³/mol. The van der Waals surface area contributed by atoms with Crippen molar-refractivity contribution in [1.29, 1.82) is 0 Å². The third-order valence-electron chi connectivity index (χ3n) is 5.52. The lowest BCUT2D eigenvalue weighted by atomic mass is 10.2. The van der Waals surface area contributed by atoms with Gasteiger partial charge < -0.3 is 19.7 Å². The molecule has 2 N–H and O–H groups in total. The quantitative estimate of drug-likeness (QED) is 0.837. The van der Waals surface area contributed by atoms with Gasteiger partial charge >= 0.3 is 6.03 Å². The fraction of sp³-hybridized carbons (Fsp3) is 0.526. The maximum absolute atomic E-state index is 14.1. The number of urea groups is 1. The molecule has 0 aromatic carbocycles. The number of H-pyrrole nitrogens is 1. The number of aromatic nitrogens is 3. The first-order valence-corrected chi connectivity index (χ1v) is 9.68. The summed E-state index contributed by atoms with van der Waals surface area (Å²) in [4.78, 5) is 28.4. The summed E-state index contributed by atoms with van der Waals surface area (Å²) in [5, 5.41) is 9.85. The number of carbonyl (C=O) groups is 2. The summed E-state index contributed by atoms with van der Waals surface area (Å²) in [6, 6.07) is 4.99. The summed E-state index contributed by atoms with van der Waals surface area (Å²) in [7, 11) is 1.90. The molecular formula is C19H25FN6O2. The van der Waals surface area contributed by atoms with Crippen LogP contribution < -0.4 is 5.32 Å². The van der Waals surface area contributed by atoms with Crippen LogP contribution in [0.5, 0.6) is 0 Å². The summed E-state index contributed by atoms with van der Waals surface area (Å²) >= 11 is 0. The number of aryl methyl sites for hydroxylation is 1. The summed E-state index contributed by atoms with van der Waals surface area (Å²) in [5.41, 5.74) is 1.86. The van der Waals surface area contributed by atoms with Gasteiger partial charge in [0.05, 0.1) is 18.3 Å². The van der Waals surface area contributed by atoms with Gasteiger partial charge in [-0.15, -0.1) is 0 Å². The van der Waals surface area contributed by atoms with Crippen LogP contribution in [0.4, 0.5) is 9.18 Å². The number of hydrogen-bond donors (Lipinski definition) is 2. The number of amides is 3. The molecule has 28 heavy (non-hydrogen) atoms. The van der Waals surface area contributed by atoms with E-state index < -0.39 is 6.17 Å². The van der Waals surface area contributed by atoms with Crippen molar-refractivity contribution in [3.63, 3.8) is 0 Å². The Bertz CT molecular complexity index is 856. The molecule has 0 saturated carbocycles. The van der Waals surface area contributed by atoms with E-state index in [-0.39, 0.29) is 37.5 Å². The Morgan fingerprint density at radius 1 is 1.36 bits per heavy atom. The van der Waals surface area contributed by atoms with Crippen LogP contribution >= 0.6 is 0 Å². The molecule has 9 heteroatoms. The first-order valence-electron chi connectivity index (χ1n) is 9.68. The third-order valence-corrected chi connectivity index (χ3v) is 5.52. The minimum Gasteiger partial charge on any atom is -0.349 e. The van der Waals surface area contributed by atoms with E-state index in [4.69, 9.17) is 0 Å². The lowest BCUT2D eigenvalue weighted by molar-refractivity contribution is 0.0722.